The Kier molecular flexibility index (Phi) is 6.82. The number of hydrogen-bond donors (Lipinski definition) is 2. The Labute approximate surface area is 264 Å². The largest absolute Gasteiger partial charge is 0.508 e. The summed E-state index contributed by atoms with van der Waals surface area (Å²) in [5, 5.41) is 21.6. The number of fused-ring (bicyclic) bond motifs is 3. The first kappa shape index (κ1) is 29.3. The summed E-state index contributed by atoms with van der Waals surface area (Å²) in [7, 11) is 0. The molecule has 0 amide bonds. The third-order valence-electron chi connectivity index (χ3n) is 10.8. The molecule has 1 spiro atoms. The lowest BCUT2D eigenvalue weighted by Gasteiger charge is -2.50. The van der Waals surface area contributed by atoms with Crippen LogP contribution < -0.4 is 9.64 Å². The van der Waals surface area contributed by atoms with Crippen LogP contribution >= 0.6 is 0 Å². The van der Waals surface area contributed by atoms with E-state index >= 15 is 4.39 Å². The number of aromatic nitrogens is 3. The molecule has 2 aromatic heterocycles. The number of aliphatic hydroxyl groups is 1. The van der Waals surface area contributed by atoms with Gasteiger partial charge in [-0.2, -0.15) is 9.97 Å². The molecule has 3 aliphatic heterocycles. The summed E-state index contributed by atoms with van der Waals surface area (Å²) in [5.41, 5.74) is -0.440. The molecular formula is C35H34F3N5O3. The first-order valence-electron chi connectivity index (χ1n) is 15.9. The number of aromatic hydroxyl groups is 1. The van der Waals surface area contributed by atoms with Crippen LogP contribution in [0, 0.1) is 29.4 Å². The van der Waals surface area contributed by atoms with E-state index in [1.807, 2.05) is 0 Å². The minimum Gasteiger partial charge on any atom is -0.508 e. The van der Waals surface area contributed by atoms with Crippen LogP contribution in [0.15, 0.2) is 30.5 Å². The van der Waals surface area contributed by atoms with E-state index in [1.54, 1.807) is 0 Å². The van der Waals surface area contributed by atoms with Gasteiger partial charge < -0.3 is 19.8 Å². The van der Waals surface area contributed by atoms with Crippen molar-refractivity contribution in [2.45, 2.75) is 62.8 Å². The number of phenols is 1. The Hall–Kier alpha value is -4.14. The molecule has 4 aliphatic rings. The monoisotopic (exact) mass is 629 g/mol. The van der Waals surface area contributed by atoms with Crippen molar-refractivity contribution >= 4 is 27.5 Å². The molecule has 1 saturated carbocycles. The predicted octanol–water partition coefficient (Wildman–Crippen LogP) is 5.51. The van der Waals surface area contributed by atoms with Crippen LogP contribution in [0.5, 0.6) is 11.8 Å². The average Bonchev–Trinajstić information content (AvgIpc) is 3.55. The zero-order valence-corrected chi connectivity index (χ0v) is 25.3. The number of piperidine rings is 1. The predicted molar refractivity (Wildman–Crippen MR) is 167 cm³/mol. The first-order chi connectivity index (χ1) is 22.2. The molecule has 3 saturated heterocycles. The fraction of sp³-hybridized carbons (Fsp3) is 0.457. The fourth-order valence-electron chi connectivity index (χ4n) is 8.46. The van der Waals surface area contributed by atoms with Crippen LogP contribution in [0.3, 0.4) is 0 Å². The molecule has 238 valence electrons. The maximum absolute atomic E-state index is 16.8. The standard InChI is InChI=1S/C35H34F3N5O3/c1-2-24-27(37)5-4-20-12-22(44)13-25(28(20)24)30-29(38)31-26(17-39-30)32(42-10-7-34(8-11-42)15-23(45)16-34)41-33(40-31)46-19-35-6-3-9-43(35)18-21(36)14-35/h1,4-5,12-13,17,21,23,44-45H,3,6-11,14-16,18-19H2/t21-,35+/m1/s1. The molecule has 11 heteroatoms. The number of phenolic OH excluding ortho intramolecular Hbond substituents is 1. The SMILES string of the molecule is C#Cc1c(F)ccc2cc(O)cc(-c3ncc4c(N5CCC6(CC5)CC(O)C6)nc(OC[C@@]56CCCN5C[C@H](F)C6)nc4c3F)c12. The lowest BCUT2D eigenvalue weighted by atomic mass is 9.61. The van der Waals surface area contributed by atoms with Crippen molar-refractivity contribution in [1.29, 1.82) is 0 Å². The number of rotatable bonds is 5. The number of nitrogens with zero attached hydrogens (tertiary/aromatic N) is 5. The summed E-state index contributed by atoms with van der Waals surface area (Å²) in [5.74, 6) is 1.26. The molecule has 2 atom stereocenters. The van der Waals surface area contributed by atoms with Crippen LogP contribution in [0.1, 0.15) is 50.5 Å². The third-order valence-corrected chi connectivity index (χ3v) is 10.8. The van der Waals surface area contributed by atoms with Gasteiger partial charge in [-0.15, -0.1) is 6.42 Å². The summed E-state index contributed by atoms with van der Waals surface area (Å²) in [6.07, 6.45) is 11.4. The second-order valence-electron chi connectivity index (χ2n) is 13.6. The van der Waals surface area contributed by atoms with Crippen LogP contribution in [-0.2, 0) is 0 Å². The molecule has 0 bridgehead atoms. The highest BCUT2D eigenvalue weighted by molar-refractivity contribution is 6.03. The molecule has 46 heavy (non-hydrogen) atoms. The quantitative estimate of drug-likeness (QED) is 0.280. The number of halogens is 3. The molecule has 8 nitrogen and oxygen atoms in total. The Morgan fingerprint density at radius 3 is 2.63 bits per heavy atom. The molecule has 8 rings (SSSR count). The van der Waals surface area contributed by atoms with Crippen molar-refractivity contribution < 1.29 is 28.1 Å². The summed E-state index contributed by atoms with van der Waals surface area (Å²) in [4.78, 5) is 18.0. The molecule has 4 fully saturated rings. The number of hydrogen-bond acceptors (Lipinski definition) is 8. The van der Waals surface area contributed by atoms with Gasteiger partial charge in [0.1, 0.15) is 41.4 Å². The Bertz CT molecular complexity index is 1920. The smallest absolute Gasteiger partial charge is 0.319 e. The van der Waals surface area contributed by atoms with Crippen LogP contribution in [-0.4, -0.2) is 80.7 Å². The maximum atomic E-state index is 16.8. The van der Waals surface area contributed by atoms with E-state index in [0.717, 1.165) is 45.1 Å². The number of alkyl halides is 1. The number of terminal acetylenes is 1. The van der Waals surface area contributed by atoms with Crippen LogP contribution in [0.2, 0.25) is 0 Å². The summed E-state index contributed by atoms with van der Waals surface area (Å²) < 4.78 is 52.3. The van der Waals surface area contributed by atoms with Gasteiger partial charge in [0.15, 0.2) is 5.82 Å². The highest BCUT2D eigenvalue weighted by Crippen LogP contribution is 2.50. The van der Waals surface area contributed by atoms with Crippen molar-refractivity contribution in [3.63, 3.8) is 0 Å². The number of anilines is 1. The Morgan fingerprint density at radius 1 is 1.07 bits per heavy atom. The van der Waals surface area contributed by atoms with Crippen LogP contribution in [0.25, 0.3) is 32.9 Å². The third kappa shape index (κ3) is 4.64. The lowest BCUT2D eigenvalue weighted by Crippen LogP contribution is -2.49. The Morgan fingerprint density at radius 2 is 1.87 bits per heavy atom. The minimum atomic E-state index is -0.927. The second kappa shape index (κ2) is 10.7. The molecule has 0 unspecified atom stereocenters. The normalized spacial score (nSPS) is 24.4. The van der Waals surface area contributed by atoms with Crippen molar-refractivity contribution in [1.82, 2.24) is 19.9 Å². The number of benzene rings is 2. The van der Waals surface area contributed by atoms with Gasteiger partial charge in [0.25, 0.3) is 0 Å². The van der Waals surface area contributed by atoms with Crippen molar-refractivity contribution in [3.8, 4) is 35.4 Å². The summed E-state index contributed by atoms with van der Waals surface area (Å²) in [6, 6.07) is 5.42. The molecular weight excluding hydrogens is 595 g/mol. The molecule has 1 aliphatic carbocycles. The van der Waals surface area contributed by atoms with Crippen LogP contribution in [0.4, 0.5) is 19.0 Å². The van der Waals surface area contributed by atoms with E-state index in [1.165, 1.54) is 30.5 Å². The van der Waals surface area contributed by atoms with Gasteiger partial charge in [-0.3, -0.25) is 9.88 Å². The number of ether oxygens (including phenoxy) is 1. The van der Waals surface area contributed by atoms with E-state index < -0.39 is 23.3 Å². The number of aliphatic hydroxyl groups excluding tert-OH is 1. The van der Waals surface area contributed by atoms with E-state index in [0.29, 0.717) is 42.6 Å². The van der Waals surface area contributed by atoms with E-state index in [-0.39, 0.29) is 57.6 Å². The minimum absolute atomic E-state index is 0.0161. The van der Waals surface area contributed by atoms with E-state index in [4.69, 9.17) is 16.1 Å². The highest BCUT2D eigenvalue weighted by Gasteiger charge is 2.49. The molecule has 2 aromatic carbocycles. The van der Waals surface area contributed by atoms with Crippen molar-refractivity contribution in [2.24, 2.45) is 5.41 Å². The van der Waals surface area contributed by atoms with Gasteiger partial charge >= 0.3 is 6.01 Å². The van der Waals surface area contributed by atoms with Gasteiger partial charge in [0.2, 0.25) is 0 Å². The lowest BCUT2D eigenvalue weighted by molar-refractivity contribution is -0.0464. The second-order valence-corrected chi connectivity index (χ2v) is 13.6. The molecule has 2 N–H and O–H groups in total. The summed E-state index contributed by atoms with van der Waals surface area (Å²) >= 11 is 0. The highest BCUT2D eigenvalue weighted by atomic mass is 19.1. The van der Waals surface area contributed by atoms with E-state index in [9.17, 15) is 19.0 Å². The first-order valence-corrected chi connectivity index (χ1v) is 15.9. The van der Waals surface area contributed by atoms with Gasteiger partial charge in [0, 0.05) is 43.2 Å². The van der Waals surface area contributed by atoms with Gasteiger partial charge in [-0.25, -0.2) is 13.2 Å². The van der Waals surface area contributed by atoms with Gasteiger partial charge in [-0.1, -0.05) is 12.0 Å². The van der Waals surface area contributed by atoms with Crippen molar-refractivity contribution in [3.05, 3.63) is 47.7 Å². The molecule has 4 aromatic rings. The number of pyridine rings is 1. The summed E-state index contributed by atoms with van der Waals surface area (Å²) in [6.45, 7) is 2.68. The van der Waals surface area contributed by atoms with Gasteiger partial charge in [0.05, 0.1) is 22.6 Å². The molecule has 0 radical (unpaired) electrons. The topological polar surface area (TPSA) is 94.8 Å². The molecule has 5 heterocycles. The van der Waals surface area contributed by atoms with Crippen molar-refractivity contribution in [2.75, 3.05) is 37.7 Å². The van der Waals surface area contributed by atoms with E-state index in [2.05, 4.69) is 25.7 Å². The van der Waals surface area contributed by atoms with Gasteiger partial charge in [-0.05, 0) is 74.1 Å². The average molecular weight is 630 g/mol. The zero-order chi connectivity index (χ0) is 31.8. The Balaban J connectivity index is 1.24. The maximum Gasteiger partial charge on any atom is 0.319 e. The fourth-order valence-corrected chi connectivity index (χ4v) is 8.46. The zero-order valence-electron chi connectivity index (χ0n) is 25.3.